The third-order valence-corrected chi connectivity index (χ3v) is 1.63. The van der Waals surface area contributed by atoms with Gasteiger partial charge in [0.2, 0.25) is 5.95 Å². The molecule has 0 spiro atoms. The average Bonchev–Trinajstić information content (AvgIpc) is 2.02. The summed E-state index contributed by atoms with van der Waals surface area (Å²) in [4.78, 5) is 11.7. The van der Waals surface area contributed by atoms with Crippen LogP contribution in [0.4, 0.5) is 17.6 Å². The quantitative estimate of drug-likeness (QED) is 0.510. The van der Waals surface area contributed by atoms with Gasteiger partial charge in [0.1, 0.15) is 11.6 Å². The Balaban J connectivity index is 2.86. The zero-order valence-electron chi connectivity index (χ0n) is 6.73. The molecule has 0 aliphatic heterocycles. The van der Waals surface area contributed by atoms with Crippen molar-refractivity contribution in [3.05, 3.63) is 12.1 Å². The number of aromatic nitrogens is 3. The van der Waals surface area contributed by atoms with Crippen molar-refractivity contribution in [3.63, 3.8) is 0 Å². The maximum atomic E-state index is 5.60. The summed E-state index contributed by atoms with van der Waals surface area (Å²) >= 11 is 0. The van der Waals surface area contributed by atoms with Crippen molar-refractivity contribution in [2.24, 2.45) is 0 Å². The van der Waals surface area contributed by atoms with Gasteiger partial charge in [0, 0.05) is 0 Å². The predicted octanol–water partition coefficient (Wildman–Crippen LogP) is -0.229. The molecule has 0 unspecified atom stereocenters. The van der Waals surface area contributed by atoms with Crippen LogP contribution in [0.5, 0.6) is 0 Å². The number of fused-ring (bicyclic) bond motifs is 1. The third-order valence-electron chi connectivity index (χ3n) is 1.63. The molecule has 0 aliphatic carbocycles. The summed E-state index contributed by atoms with van der Waals surface area (Å²) in [5, 5.41) is 0.656. The molecular formula is C7H8N6. The summed E-state index contributed by atoms with van der Waals surface area (Å²) in [5.41, 5.74) is 16.9. The van der Waals surface area contributed by atoms with E-state index in [9.17, 15) is 0 Å². The molecule has 13 heavy (non-hydrogen) atoms. The highest BCUT2D eigenvalue weighted by atomic mass is 15.1. The Hall–Kier alpha value is -2.11. The van der Waals surface area contributed by atoms with Gasteiger partial charge in [-0.05, 0) is 12.1 Å². The summed E-state index contributed by atoms with van der Waals surface area (Å²) in [5.74, 6) is 0.795. The largest absolute Gasteiger partial charge is 0.384 e. The Kier molecular flexibility index (Phi) is 1.42. The van der Waals surface area contributed by atoms with Crippen LogP contribution in [-0.4, -0.2) is 15.0 Å². The first-order valence-corrected chi connectivity index (χ1v) is 3.62. The summed E-state index contributed by atoms with van der Waals surface area (Å²) in [6, 6.07) is 3.35. The van der Waals surface area contributed by atoms with Crippen molar-refractivity contribution in [1.29, 1.82) is 0 Å². The number of anilines is 3. The first-order valence-electron chi connectivity index (χ1n) is 3.62. The molecule has 6 heteroatoms. The van der Waals surface area contributed by atoms with E-state index in [0.29, 0.717) is 22.7 Å². The van der Waals surface area contributed by atoms with Crippen LogP contribution >= 0.6 is 0 Å². The summed E-state index contributed by atoms with van der Waals surface area (Å²) in [7, 11) is 0. The van der Waals surface area contributed by atoms with Gasteiger partial charge in [0.05, 0.1) is 5.39 Å². The molecule has 0 amide bonds. The van der Waals surface area contributed by atoms with Crippen LogP contribution in [0.1, 0.15) is 0 Å². The van der Waals surface area contributed by atoms with Gasteiger partial charge in [0.15, 0.2) is 5.65 Å². The molecule has 0 radical (unpaired) electrons. The number of nitrogen functional groups attached to an aromatic ring is 3. The molecule has 0 aromatic carbocycles. The van der Waals surface area contributed by atoms with Gasteiger partial charge in [-0.3, -0.25) is 0 Å². The first kappa shape index (κ1) is 7.53. The molecule has 0 aliphatic rings. The number of pyridine rings is 1. The zero-order valence-corrected chi connectivity index (χ0v) is 6.73. The lowest BCUT2D eigenvalue weighted by Gasteiger charge is -2.01. The summed E-state index contributed by atoms with van der Waals surface area (Å²) < 4.78 is 0. The molecule has 2 aromatic heterocycles. The van der Waals surface area contributed by atoms with Crippen molar-refractivity contribution in [2.45, 2.75) is 0 Å². The second-order valence-electron chi connectivity index (χ2n) is 2.57. The highest BCUT2D eigenvalue weighted by Gasteiger charge is 2.03. The van der Waals surface area contributed by atoms with Gasteiger partial charge in [-0.25, -0.2) is 4.98 Å². The van der Waals surface area contributed by atoms with Gasteiger partial charge in [0.25, 0.3) is 0 Å². The van der Waals surface area contributed by atoms with Crippen molar-refractivity contribution in [2.75, 3.05) is 17.2 Å². The SMILES string of the molecule is Nc1ccc2c(N)nc(N)nc2n1. The van der Waals surface area contributed by atoms with E-state index in [0.717, 1.165) is 0 Å². The molecule has 6 nitrogen and oxygen atoms in total. The van der Waals surface area contributed by atoms with Crippen LogP contribution in [-0.2, 0) is 0 Å². The zero-order chi connectivity index (χ0) is 9.42. The topological polar surface area (TPSA) is 117 Å². The fourth-order valence-corrected chi connectivity index (χ4v) is 1.07. The van der Waals surface area contributed by atoms with Crippen molar-refractivity contribution in [3.8, 4) is 0 Å². The van der Waals surface area contributed by atoms with E-state index < -0.39 is 0 Å². The minimum absolute atomic E-state index is 0.100. The van der Waals surface area contributed by atoms with Crippen molar-refractivity contribution >= 4 is 28.6 Å². The molecule has 0 bridgehead atoms. The van der Waals surface area contributed by atoms with Crippen molar-refractivity contribution < 1.29 is 0 Å². The lowest BCUT2D eigenvalue weighted by atomic mass is 10.3. The van der Waals surface area contributed by atoms with Gasteiger partial charge in [-0.1, -0.05) is 0 Å². The maximum Gasteiger partial charge on any atom is 0.224 e. The lowest BCUT2D eigenvalue weighted by Crippen LogP contribution is -2.02. The highest BCUT2D eigenvalue weighted by molar-refractivity contribution is 5.86. The van der Waals surface area contributed by atoms with Gasteiger partial charge < -0.3 is 17.2 Å². The second-order valence-corrected chi connectivity index (χ2v) is 2.57. The Morgan fingerprint density at radius 1 is 0.923 bits per heavy atom. The normalized spacial score (nSPS) is 10.5. The van der Waals surface area contributed by atoms with Crippen LogP contribution in [0.15, 0.2) is 12.1 Å². The van der Waals surface area contributed by atoms with E-state index in [1.165, 1.54) is 0 Å². The minimum atomic E-state index is 0.100. The van der Waals surface area contributed by atoms with Crippen LogP contribution in [0.3, 0.4) is 0 Å². The molecule has 0 fully saturated rings. The Labute approximate surface area is 73.8 Å². The first-order chi connectivity index (χ1) is 6.16. The molecule has 66 valence electrons. The van der Waals surface area contributed by atoms with E-state index in [4.69, 9.17) is 17.2 Å². The monoisotopic (exact) mass is 176 g/mol. The number of nitrogens with zero attached hydrogens (tertiary/aromatic N) is 3. The molecule has 2 heterocycles. The smallest absolute Gasteiger partial charge is 0.224 e. The minimum Gasteiger partial charge on any atom is -0.384 e. The molecule has 0 saturated heterocycles. The lowest BCUT2D eigenvalue weighted by molar-refractivity contribution is 1.21. The maximum absolute atomic E-state index is 5.60. The van der Waals surface area contributed by atoms with E-state index >= 15 is 0 Å². The second kappa shape index (κ2) is 2.44. The molecule has 0 atom stereocenters. The van der Waals surface area contributed by atoms with Crippen LogP contribution in [0.25, 0.3) is 11.0 Å². The Morgan fingerprint density at radius 3 is 2.46 bits per heavy atom. The number of hydrogen-bond acceptors (Lipinski definition) is 6. The van der Waals surface area contributed by atoms with E-state index in [1.54, 1.807) is 12.1 Å². The highest BCUT2D eigenvalue weighted by Crippen LogP contribution is 2.17. The summed E-state index contributed by atoms with van der Waals surface area (Å²) in [6.45, 7) is 0. The van der Waals surface area contributed by atoms with E-state index in [-0.39, 0.29) is 5.95 Å². The molecular weight excluding hydrogens is 168 g/mol. The van der Waals surface area contributed by atoms with E-state index in [2.05, 4.69) is 15.0 Å². The molecule has 2 aromatic rings. The number of hydrogen-bond donors (Lipinski definition) is 3. The molecule has 2 rings (SSSR count). The molecule has 6 N–H and O–H groups in total. The fraction of sp³-hybridized carbons (Fsp3) is 0. The Bertz CT molecular complexity index is 460. The number of rotatable bonds is 0. The fourth-order valence-electron chi connectivity index (χ4n) is 1.07. The van der Waals surface area contributed by atoms with Gasteiger partial charge >= 0.3 is 0 Å². The molecule has 0 saturated carbocycles. The van der Waals surface area contributed by atoms with E-state index in [1.807, 2.05) is 0 Å². The van der Waals surface area contributed by atoms with Gasteiger partial charge in [-0.15, -0.1) is 0 Å². The number of nitrogens with two attached hydrogens (primary N) is 3. The third kappa shape index (κ3) is 1.18. The van der Waals surface area contributed by atoms with Gasteiger partial charge in [-0.2, -0.15) is 9.97 Å². The Morgan fingerprint density at radius 2 is 1.69 bits per heavy atom. The standard InChI is InChI=1S/C7H8N6/c8-4-2-1-3-5(9)12-7(10)13-6(3)11-4/h1-2H,(H6,8,9,10,11,12,13). The van der Waals surface area contributed by atoms with Crippen LogP contribution < -0.4 is 17.2 Å². The van der Waals surface area contributed by atoms with Crippen LogP contribution in [0.2, 0.25) is 0 Å². The predicted molar refractivity (Wildman–Crippen MR) is 50.6 cm³/mol. The summed E-state index contributed by atoms with van der Waals surface area (Å²) in [6.07, 6.45) is 0. The average molecular weight is 176 g/mol. The van der Waals surface area contributed by atoms with Crippen molar-refractivity contribution in [1.82, 2.24) is 15.0 Å². The van der Waals surface area contributed by atoms with Crippen LogP contribution in [0, 0.1) is 0 Å².